The average Bonchev–Trinajstić information content (AvgIpc) is 2.72. The zero-order valence-corrected chi connectivity index (χ0v) is 10.1. The van der Waals surface area contributed by atoms with Crippen molar-refractivity contribution in [2.45, 2.75) is 38.3 Å². The lowest BCUT2D eigenvalue weighted by atomic mass is 10.0. The molecule has 1 saturated heterocycles. The summed E-state index contributed by atoms with van der Waals surface area (Å²) in [6.45, 7) is 2.08. The predicted molar refractivity (Wildman–Crippen MR) is 60.9 cm³/mol. The first-order valence-corrected chi connectivity index (χ1v) is 6.76. The Kier molecular flexibility index (Phi) is 1.77. The minimum atomic E-state index is -0.324. The second kappa shape index (κ2) is 3.03. The summed E-state index contributed by atoms with van der Waals surface area (Å²) < 4.78 is 0. The minimum Gasteiger partial charge on any atom is -0.343 e. The van der Waals surface area contributed by atoms with Crippen molar-refractivity contribution in [1.29, 1.82) is 0 Å². The van der Waals surface area contributed by atoms with Crippen LogP contribution in [-0.2, 0) is 9.59 Å². The number of hydrogen-bond donors (Lipinski definition) is 1. The number of nitrogens with zero attached hydrogens (tertiary/aromatic N) is 1. The first-order chi connectivity index (χ1) is 8.16. The molecule has 92 valence electrons. The van der Waals surface area contributed by atoms with E-state index in [0.29, 0.717) is 12.6 Å². The van der Waals surface area contributed by atoms with Gasteiger partial charge in [-0.1, -0.05) is 0 Å². The molecule has 4 aliphatic rings. The van der Waals surface area contributed by atoms with Gasteiger partial charge in [0.2, 0.25) is 11.8 Å². The van der Waals surface area contributed by atoms with Crippen LogP contribution in [0, 0.1) is 23.7 Å². The van der Waals surface area contributed by atoms with E-state index >= 15 is 0 Å². The number of amides is 2. The zero-order valence-electron chi connectivity index (χ0n) is 10.1. The van der Waals surface area contributed by atoms with Crippen molar-refractivity contribution in [2.75, 3.05) is 6.54 Å². The lowest BCUT2D eigenvalue weighted by Gasteiger charge is -2.32. The molecule has 2 amide bonds. The van der Waals surface area contributed by atoms with Gasteiger partial charge in [0.1, 0.15) is 6.04 Å². The van der Waals surface area contributed by atoms with E-state index in [2.05, 4.69) is 5.32 Å². The number of nitrogens with one attached hydrogen (secondary N) is 1. The molecule has 1 heterocycles. The summed E-state index contributed by atoms with van der Waals surface area (Å²) in [4.78, 5) is 25.6. The summed E-state index contributed by atoms with van der Waals surface area (Å²) in [5, 5.41) is 2.72. The number of hydrogen-bond acceptors (Lipinski definition) is 2. The molecule has 0 radical (unpaired) electrons. The topological polar surface area (TPSA) is 49.4 Å². The van der Waals surface area contributed by atoms with E-state index in [9.17, 15) is 9.59 Å². The highest BCUT2D eigenvalue weighted by molar-refractivity contribution is 5.95. The first kappa shape index (κ1) is 9.92. The second-order valence-electron chi connectivity index (χ2n) is 6.23. The van der Waals surface area contributed by atoms with Gasteiger partial charge in [0, 0.05) is 6.04 Å². The van der Waals surface area contributed by atoms with Gasteiger partial charge in [-0.2, -0.15) is 0 Å². The third-order valence-corrected chi connectivity index (χ3v) is 5.40. The second-order valence-corrected chi connectivity index (χ2v) is 6.23. The highest BCUT2D eigenvalue weighted by Gasteiger charge is 2.67. The van der Waals surface area contributed by atoms with Crippen LogP contribution in [0.1, 0.15) is 26.2 Å². The molecule has 17 heavy (non-hydrogen) atoms. The summed E-state index contributed by atoms with van der Waals surface area (Å²) >= 11 is 0. The predicted octanol–water partition coefficient (Wildman–Crippen LogP) is 0.378. The van der Waals surface area contributed by atoms with Crippen LogP contribution in [0.4, 0.5) is 0 Å². The summed E-state index contributed by atoms with van der Waals surface area (Å²) in [7, 11) is 0. The summed E-state index contributed by atoms with van der Waals surface area (Å²) in [5.74, 6) is 3.30. The van der Waals surface area contributed by atoms with E-state index in [1.54, 1.807) is 6.92 Å². The molecule has 0 spiro atoms. The van der Waals surface area contributed by atoms with Crippen LogP contribution < -0.4 is 5.32 Å². The Morgan fingerprint density at radius 1 is 1.18 bits per heavy atom. The van der Waals surface area contributed by atoms with Crippen LogP contribution in [0.2, 0.25) is 0 Å². The summed E-state index contributed by atoms with van der Waals surface area (Å²) in [6.07, 6.45) is 4.09. The molecule has 0 aromatic rings. The Bertz CT molecular complexity index is 392. The number of piperazine rings is 1. The number of fused-ring (bicyclic) bond motifs is 5. The van der Waals surface area contributed by atoms with E-state index in [4.69, 9.17) is 0 Å². The van der Waals surface area contributed by atoms with Gasteiger partial charge in [0.25, 0.3) is 0 Å². The fraction of sp³-hybridized carbons (Fsp3) is 0.846. The van der Waals surface area contributed by atoms with E-state index < -0.39 is 0 Å². The van der Waals surface area contributed by atoms with E-state index in [1.165, 1.54) is 19.3 Å². The molecule has 3 aliphatic carbocycles. The van der Waals surface area contributed by atoms with E-state index in [1.807, 2.05) is 4.90 Å². The lowest BCUT2D eigenvalue weighted by Crippen LogP contribution is -2.58. The molecule has 1 N–H and O–H groups in total. The van der Waals surface area contributed by atoms with Gasteiger partial charge in [0.05, 0.1) is 6.54 Å². The van der Waals surface area contributed by atoms with Crippen LogP contribution in [0.25, 0.3) is 0 Å². The van der Waals surface area contributed by atoms with Crippen molar-refractivity contribution in [2.24, 2.45) is 23.7 Å². The van der Waals surface area contributed by atoms with Gasteiger partial charge >= 0.3 is 0 Å². The van der Waals surface area contributed by atoms with Crippen LogP contribution in [-0.4, -0.2) is 35.3 Å². The molecule has 5 unspecified atom stereocenters. The highest BCUT2D eigenvalue weighted by atomic mass is 16.2. The lowest BCUT2D eigenvalue weighted by molar-refractivity contribution is -0.144. The molecule has 4 nitrogen and oxygen atoms in total. The molecular formula is C13H18N2O2. The summed E-state index contributed by atoms with van der Waals surface area (Å²) in [5.41, 5.74) is 0. The Hall–Kier alpha value is -1.06. The van der Waals surface area contributed by atoms with E-state index in [0.717, 1.165) is 23.7 Å². The van der Waals surface area contributed by atoms with Gasteiger partial charge in [-0.05, 0) is 49.9 Å². The van der Waals surface area contributed by atoms with Crippen molar-refractivity contribution in [1.82, 2.24) is 10.2 Å². The van der Waals surface area contributed by atoms with Crippen LogP contribution in [0.5, 0.6) is 0 Å². The van der Waals surface area contributed by atoms with Crippen molar-refractivity contribution >= 4 is 11.8 Å². The Morgan fingerprint density at radius 2 is 1.82 bits per heavy atom. The standard InChI is InChI=1S/C13H18N2O2/c1-6-13(17)15(5-9(16)14-6)12-10-7-2-3-8(4-7)11(10)12/h6-8,10-12H,2-5H2,1H3,(H,14,16). The smallest absolute Gasteiger partial charge is 0.245 e. The van der Waals surface area contributed by atoms with Crippen LogP contribution in [0.15, 0.2) is 0 Å². The first-order valence-electron chi connectivity index (χ1n) is 6.76. The van der Waals surface area contributed by atoms with Crippen molar-refractivity contribution < 1.29 is 9.59 Å². The van der Waals surface area contributed by atoms with Crippen molar-refractivity contribution in [3.05, 3.63) is 0 Å². The molecule has 2 bridgehead atoms. The Labute approximate surface area is 101 Å². The zero-order chi connectivity index (χ0) is 11.7. The van der Waals surface area contributed by atoms with Crippen molar-refractivity contribution in [3.63, 3.8) is 0 Å². The number of rotatable bonds is 1. The quantitative estimate of drug-likeness (QED) is 0.713. The van der Waals surface area contributed by atoms with Gasteiger partial charge in [-0.15, -0.1) is 0 Å². The molecule has 0 aromatic carbocycles. The van der Waals surface area contributed by atoms with Gasteiger partial charge < -0.3 is 10.2 Å². The Morgan fingerprint density at radius 3 is 2.47 bits per heavy atom. The third-order valence-electron chi connectivity index (χ3n) is 5.40. The van der Waals surface area contributed by atoms with Gasteiger partial charge in [-0.25, -0.2) is 0 Å². The third kappa shape index (κ3) is 1.19. The SMILES string of the molecule is CC1NC(=O)CN(C2C3C4CCC(C4)C32)C1=O. The van der Waals surface area contributed by atoms with Gasteiger partial charge in [-0.3, -0.25) is 9.59 Å². The maximum Gasteiger partial charge on any atom is 0.245 e. The van der Waals surface area contributed by atoms with Crippen LogP contribution in [0.3, 0.4) is 0 Å². The molecule has 5 atom stereocenters. The van der Waals surface area contributed by atoms with Crippen molar-refractivity contribution in [3.8, 4) is 0 Å². The molecule has 4 heteroatoms. The molecule has 0 aromatic heterocycles. The molecule has 1 aliphatic heterocycles. The fourth-order valence-electron chi connectivity index (χ4n) is 4.78. The monoisotopic (exact) mass is 234 g/mol. The van der Waals surface area contributed by atoms with Gasteiger partial charge in [0.15, 0.2) is 0 Å². The minimum absolute atomic E-state index is 0.00872. The molecule has 3 saturated carbocycles. The average molecular weight is 234 g/mol. The van der Waals surface area contributed by atoms with Crippen LogP contribution >= 0.6 is 0 Å². The Balaban J connectivity index is 1.56. The normalized spacial score (nSPS) is 51.5. The molecule has 4 fully saturated rings. The number of carbonyl (C=O) groups is 2. The fourth-order valence-corrected chi connectivity index (χ4v) is 4.78. The maximum absolute atomic E-state index is 12.1. The highest BCUT2D eigenvalue weighted by Crippen LogP contribution is 2.67. The molecular weight excluding hydrogens is 216 g/mol. The number of carbonyl (C=O) groups excluding carboxylic acids is 2. The largest absolute Gasteiger partial charge is 0.343 e. The van der Waals surface area contributed by atoms with E-state index in [-0.39, 0.29) is 17.9 Å². The molecule has 4 rings (SSSR count). The summed E-state index contributed by atoms with van der Waals surface area (Å²) in [6, 6.07) is 0.0810. The maximum atomic E-state index is 12.1.